The molecule has 2 atom stereocenters. The van der Waals surface area contributed by atoms with Crippen LogP contribution in [0.25, 0.3) is 0 Å². The Hall–Kier alpha value is -0.420. The second kappa shape index (κ2) is 7.00. The van der Waals surface area contributed by atoms with Crippen LogP contribution in [-0.2, 0) is 0 Å². The van der Waals surface area contributed by atoms with E-state index in [9.17, 15) is 4.79 Å². The topological polar surface area (TPSA) is 35.6 Å². The minimum atomic E-state index is 0.162. The number of likely N-dealkylation sites (tertiary alicyclic amines) is 1. The van der Waals surface area contributed by atoms with Crippen LogP contribution in [0.5, 0.6) is 0 Å². The third-order valence-corrected chi connectivity index (χ3v) is 6.91. The molecule has 3 fully saturated rings. The number of nitrogens with one attached hydrogen (secondary N) is 1. The molecule has 5 heteroatoms. The van der Waals surface area contributed by atoms with E-state index in [1.165, 1.54) is 50.3 Å². The highest BCUT2D eigenvalue weighted by Gasteiger charge is 2.41. The summed E-state index contributed by atoms with van der Waals surface area (Å²) in [4.78, 5) is 17.4. The maximum absolute atomic E-state index is 12.6. The second-order valence-electron chi connectivity index (χ2n) is 7.37. The zero-order valence-electron chi connectivity index (χ0n) is 14.1. The summed E-state index contributed by atoms with van der Waals surface area (Å²) in [7, 11) is 0. The third-order valence-electron chi connectivity index (χ3n) is 5.97. The Morgan fingerprint density at radius 3 is 2.32 bits per heavy atom. The average Bonchev–Trinajstić information content (AvgIpc) is 3.14. The average molecular weight is 326 g/mol. The molecule has 2 aliphatic heterocycles. The fraction of sp³-hybridized carbons (Fsp3) is 0.941. The number of amides is 2. The van der Waals surface area contributed by atoms with E-state index >= 15 is 0 Å². The summed E-state index contributed by atoms with van der Waals surface area (Å²) in [6.45, 7) is 7.58. The molecule has 0 spiro atoms. The monoisotopic (exact) mass is 325 g/mol. The Morgan fingerprint density at radius 2 is 1.73 bits per heavy atom. The molecular formula is C17H31N3OS. The van der Waals surface area contributed by atoms with Crippen LogP contribution in [0.3, 0.4) is 0 Å². The molecule has 0 bridgehead atoms. The Labute approximate surface area is 139 Å². The highest BCUT2D eigenvalue weighted by molar-refractivity contribution is 7.99. The summed E-state index contributed by atoms with van der Waals surface area (Å²) in [5.41, 5.74) is 0.239. The van der Waals surface area contributed by atoms with E-state index < -0.39 is 0 Å². The summed E-state index contributed by atoms with van der Waals surface area (Å²) < 4.78 is 0. The molecule has 2 saturated heterocycles. The zero-order chi connectivity index (χ0) is 15.6. The lowest BCUT2D eigenvalue weighted by Gasteiger charge is -2.44. The van der Waals surface area contributed by atoms with Crippen LogP contribution >= 0.6 is 11.8 Å². The van der Waals surface area contributed by atoms with Crippen molar-refractivity contribution in [3.63, 3.8) is 0 Å². The number of urea groups is 1. The molecular weight excluding hydrogens is 294 g/mol. The smallest absolute Gasteiger partial charge is 0.317 e. The van der Waals surface area contributed by atoms with Gasteiger partial charge in [0.25, 0.3) is 0 Å². The van der Waals surface area contributed by atoms with Crippen molar-refractivity contribution in [3.8, 4) is 0 Å². The quantitative estimate of drug-likeness (QED) is 0.866. The molecule has 3 aliphatic rings. The van der Waals surface area contributed by atoms with E-state index in [1.54, 1.807) is 0 Å². The van der Waals surface area contributed by atoms with Gasteiger partial charge in [0.2, 0.25) is 0 Å². The molecule has 22 heavy (non-hydrogen) atoms. The van der Waals surface area contributed by atoms with Gasteiger partial charge < -0.3 is 10.2 Å². The largest absolute Gasteiger partial charge is 0.336 e. The first-order valence-corrected chi connectivity index (χ1v) is 10.2. The molecule has 0 unspecified atom stereocenters. The molecule has 2 amide bonds. The minimum absolute atomic E-state index is 0.162. The van der Waals surface area contributed by atoms with Gasteiger partial charge in [-0.2, -0.15) is 11.8 Å². The van der Waals surface area contributed by atoms with E-state index in [4.69, 9.17) is 0 Å². The van der Waals surface area contributed by atoms with Crippen molar-refractivity contribution in [3.05, 3.63) is 0 Å². The predicted molar refractivity (Wildman–Crippen MR) is 93.5 cm³/mol. The maximum Gasteiger partial charge on any atom is 0.317 e. The van der Waals surface area contributed by atoms with Gasteiger partial charge in [-0.25, -0.2) is 4.79 Å². The highest BCUT2D eigenvalue weighted by Crippen LogP contribution is 2.36. The second-order valence-corrected chi connectivity index (χ2v) is 8.60. The van der Waals surface area contributed by atoms with Gasteiger partial charge in [-0.1, -0.05) is 12.8 Å². The van der Waals surface area contributed by atoms with Gasteiger partial charge in [-0.3, -0.25) is 4.90 Å². The molecule has 3 rings (SSSR count). The van der Waals surface area contributed by atoms with Crippen molar-refractivity contribution < 1.29 is 4.79 Å². The lowest BCUT2D eigenvalue weighted by atomic mass is 9.94. The van der Waals surface area contributed by atoms with Gasteiger partial charge in [0.1, 0.15) is 0 Å². The van der Waals surface area contributed by atoms with E-state index in [0.29, 0.717) is 12.1 Å². The molecule has 0 aromatic rings. The first kappa shape index (κ1) is 16.4. The number of rotatable bonds is 3. The molecule has 2 heterocycles. The highest BCUT2D eigenvalue weighted by atomic mass is 32.2. The van der Waals surface area contributed by atoms with Crippen LogP contribution < -0.4 is 5.32 Å². The Morgan fingerprint density at radius 1 is 1.14 bits per heavy atom. The molecule has 126 valence electrons. The first-order chi connectivity index (χ1) is 10.6. The van der Waals surface area contributed by atoms with Gasteiger partial charge in [-0.05, 0) is 39.5 Å². The zero-order valence-corrected chi connectivity index (χ0v) is 15.0. The van der Waals surface area contributed by atoms with E-state index in [1.807, 2.05) is 0 Å². The fourth-order valence-electron chi connectivity index (χ4n) is 4.60. The molecule has 4 nitrogen and oxygen atoms in total. The number of thioether (sulfide) groups is 1. The Balaban J connectivity index is 1.61. The van der Waals surface area contributed by atoms with Crippen LogP contribution in [0.4, 0.5) is 4.79 Å². The Kier molecular flexibility index (Phi) is 5.23. The minimum Gasteiger partial charge on any atom is -0.336 e. The summed E-state index contributed by atoms with van der Waals surface area (Å²) in [6, 6.07) is 0.942. The number of nitrogens with zero attached hydrogens (tertiary/aromatic N) is 2. The standard InChI is InChI=1S/C17H31N3OS/c1-14-5-6-15(2)20(14)16(21)18-13-17(7-3-4-8-17)19-9-11-22-12-10-19/h14-15H,3-13H2,1-2H3,(H,18,21)/t14-,15-/m0/s1. The predicted octanol–water partition coefficient (Wildman–Crippen LogP) is 2.93. The van der Waals surface area contributed by atoms with Crippen molar-refractivity contribution >= 4 is 17.8 Å². The van der Waals surface area contributed by atoms with Crippen molar-refractivity contribution in [1.29, 1.82) is 0 Å². The summed E-state index contributed by atoms with van der Waals surface area (Å²) >= 11 is 2.06. The fourth-order valence-corrected chi connectivity index (χ4v) is 5.51. The Bertz CT molecular complexity index is 381. The van der Waals surface area contributed by atoms with Gasteiger partial charge in [-0.15, -0.1) is 0 Å². The number of hydrogen-bond acceptors (Lipinski definition) is 3. The normalized spacial score (nSPS) is 32.4. The van der Waals surface area contributed by atoms with Gasteiger partial charge in [0.15, 0.2) is 0 Å². The van der Waals surface area contributed by atoms with Crippen LogP contribution in [0.15, 0.2) is 0 Å². The summed E-state index contributed by atoms with van der Waals surface area (Å²) in [6.07, 6.45) is 7.42. The van der Waals surface area contributed by atoms with Crippen LogP contribution in [-0.4, -0.2) is 64.6 Å². The summed E-state index contributed by atoms with van der Waals surface area (Å²) in [5.74, 6) is 2.49. The van der Waals surface area contributed by atoms with Crippen molar-refractivity contribution in [2.24, 2.45) is 0 Å². The third kappa shape index (κ3) is 3.25. The van der Waals surface area contributed by atoms with Crippen LogP contribution in [0, 0.1) is 0 Å². The number of hydrogen-bond donors (Lipinski definition) is 1. The molecule has 1 saturated carbocycles. The van der Waals surface area contributed by atoms with Crippen molar-refractivity contribution in [1.82, 2.24) is 15.1 Å². The molecule has 1 aliphatic carbocycles. The van der Waals surface area contributed by atoms with Gasteiger partial charge >= 0.3 is 6.03 Å². The van der Waals surface area contributed by atoms with Gasteiger partial charge in [0, 0.05) is 48.8 Å². The van der Waals surface area contributed by atoms with Crippen molar-refractivity contribution in [2.75, 3.05) is 31.1 Å². The van der Waals surface area contributed by atoms with E-state index in [-0.39, 0.29) is 11.6 Å². The van der Waals surface area contributed by atoms with Crippen LogP contribution in [0.1, 0.15) is 52.4 Å². The summed E-state index contributed by atoms with van der Waals surface area (Å²) in [5, 5.41) is 3.30. The molecule has 0 radical (unpaired) electrons. The molecule has 1 N–H and O–H groups in total. The maximum atomic E-state index is 12.6. The first-order valence-electron chi connectivity index (χ1n) is 9.01. The number of carbonyl (C=O) groups is 1. The number of carbonyl (C=O) groups excluding carboxylic acids is 1. The lowest BCUT2D eigenvalue weighted by Crippen LogP contribution is -2.58. The lowest BCUT2D eigenvalue weighted by molar-refractivity contribution is 0.0998. The molecule has 0 aromatic carbocycles. The van der Waals surface area contributed by atoms with Crippen molar-refractivity contribution in [2.45, 2.75) is 70.0 Å². The van der Waals surface area contributed by atoms with Crippen LogP contribution in [0.2, 0.25) is 0 Å². The van der Waals surface area contributed by atoms with Gasteiger partial charge in [0.05, 0.1) is 0 Å². The SMILES string of the molecule is C[C@H]1CC[C@H](C)N1C(=O)NCC1(N2CCSCC2)CCCC1. The van der Waals surface area contributed by atoms with E-state index in [0.717, 1.165) is 19.4 Å². The van der Waals surface area contributed by atoms with E-state index in [2.05, 4.69) is 40.7 Å². The molecule has 0 aromatic heterocycles.